The molecule has 33 heavy (non-hydrogen) atoms. The highest BCUT2D eigenvalue weighted by molar-refractivity contribution is 6.32. The van der Waals surface area contributed by atoms with E-state index in [1.165, 1.54) is 23.1 Å². The molecule has 11 nitrogen and oxygen atoms in total. The van der Waals surface area contributed by atoms with E-state index in [9.17, 15) is 19.7 Å². The van der Waals surface area contributed by atoms with Gasteiger partial charge in [-0.3, -0.25) is 24.7 Å². The molecular weight excluding hydrogens is 452 g/mol. The number of hydrogen-bond acceptors (Lipinski definition) is 7. The maximum absolute atomic E-state index is 12.9. The lowest BCUT2D eigenvalue weighted by Gasteiger charge is -2.09. The summed E-state index contributed by atoms with van der Waals surface area (Å²) in [5.74, 6) is 0.126. The molecule has 4 aromatic rings. The Kier molecular flexibility index (Phi) is 5.02. The van der Waals surface area contributed by atoms with E-state index in [2.05, 4.69) is 20.4 Å². The maximum Gasteiger partial charge on any atom is 0.288 e. The molecule has 12 heteroatoms. The molecule has 166 valence electrons. The molecular formula is C21H15ClN6O5. The SMILES string of the molecule is O=C(Nc1cc(-c2ccco2)nn1-c1nc2c(c(=O)[nH]1)CCC2)c1ccc(Cl)c([N+](=O)[O-])c1. The Morgan fingerprint density at radius 3 is 2.88 bits per heavy atom. The van der Waals surface area contributed by atoms with Crippen molar-refractivity contribution in [3.63, 3.8) is 0 Å². The number of fused-ring (bicyclic) bond motifs is 1. The van der Waals surface area contributed by atoms with E-state index in [1.807, 2.05) is 0 Å². The average Bonchev–Trinajstić information content (AvgIpc) is 3.54. The number of hydrogen-bond donors (Lipinski definition) is 2. The van der Waals surface area contributed by atoms with Gasteiger partial charge in [-0.05, 0) is 43.5 Å². The fourth-order valence-corrected chi connectivity index (χ4v) is 3.87. The molecule has 0 bridgehead atoms. The molecule has 5 rings (SSSR count). The second-order valence-electron chi connectivity index (χ2n) is 7.35. The minimum Gasteiger partial charge on any atom is -0.463 e. The Morgan fingerprint density at radius 2 is 2.12 bits per heavy atom. The van der Waals surface area contributed by atoms with E-state index in [0.717, 1.165) is 12.5 Å². The highest BCUT2D eigenvalue weighted by Gasteiger charge is 2.22. The predicted octanol–water partition coefficient (Wildman–Crippen LogP) is 3.52. The summed E-state index contributed by atoms with van der Waals surface area (Å²) in [7, 11) is 0. The van der Waals surface area contributed by atoms with Crippen LogP contribution in [0.5, 0.6) is 0 Å². The van der Waals surface area contributed by atoms with Gasteiger partial charge in [-0.1, -0.05) is 11.6 Å². The van der Waals surface area contributed by atoms with Gasteiger partial charge >= 0.3 is 0 Å². The number of nitrogens with zero attached hydrogens (tertiary/aromatic N) is 4. The highest BCUT2D eigenvalue weighted by Crippen LogP contribution is 2.28. The number of aromatic amines is 1. The van der Waals surface area contributed by atoms with Crippen molar-refractivity contribution in [2.45, 2.75) is 19.3 Å². The van der Waals surface area contributed by atoms with Crippen LogP contribution in [0.4, 0.5) is 11.5 Å². The lowest BCUT2D eigenvalue weighted by atomic mass is 10.2. The number of nitrogens with one attached hydrogen (secondary N) is 2. The quantitative estimate of drug-likeness (QED) is 0.337. The first-order valence-corrected chi connectivity index (χ1v) is 10.3. The number of aryl methyl sites for hydroxylation is 1. The lowest BCUT2D eigenvalue weighted by molar-refractivity contribution is -0.384. The van der Waals surface area contributed by atoms with Crippen LogP contribution in [0.15, 0.2) is 51.9 Å². The van der Waals surface area contributed by atoms with Gasteiger partial charge in [-0.15, -0.1) is 0 Å². The first-order chi connectivity index (χ1) is 15.9. The fourth-order valence-electron chi connectivity index (χ4n) is 3.69. The molecule has 0 atom stereocenters. The second-order valence-corrected chi connectivity index (χ2v) is 7.76. The van der Waals surface area contributed by atoms with Gasteiger partial charge in [-0.25, -0.2) is 4.98 Å². The number of anilines is 1. The van der Waals surface area contributed by atoms with E-state index in [1.54, 1.807) is 18.2 Å². The fraction of sp³-hybridized carbons (Fsp3) is 0.143. The Morgan fingerprint density at radius 1 is 1.27 bits per heavy atom. The summed E-state index contributed by atoms with van der Waals surface area (Å²) in [5.41, 5.74) is 1.10. The van der Waals surface area contributed by atoms with Crippen molar-refractivity contribution in [3.8, 4) is 17.4 Å². The topological polar surface area (TPSA) is 149 Å². The standard InChI is InChI=1S/C21H15ClN6O5/c22-13-7-6-11(9-16(13)28(31)32)19(29)24-18-10-15(17-5-2-8-33-17)26-27(18)21-23-14-4-1-3-12(14)20(30)25-21/h2,5-10H,1,3-4H2,(H,24,29)(H,23,25,30). The number of nitro groups is 1. The van der Waals surface area contributed by atoms with Gasteiger partial charge < -0.3 is 9.73 Å². The molecule has 0 saturated carbocycles. The normalized spacial score (nSPS) is 12.5. The van der Waals surface area contributed by atoms with Crippen LogP contribution in [0.2, 0.25) is 5.02 Å². The zero-order valence-corrected chi connectivity index (χ0v) is 17.6. The summed E-state index contributed by atoms with van der Waals surface area (Å²) >= 11 is 5.84. The summed E-state index contributed by atoms with van der Waals surface area (Å²) in [6.45, 7) is 0. The number of nitro benzene ring substituents is 1. The van der Waals surface area contributed by atoms with Crippen molar-refractivity contribution in [1.82, 2.24) is 19.7 Å². The van der Waals surface area contributed by atoms with Gasteiger partial charge in [0.15, 0.2) is 5.76 Å². The molecule has 3 aromatic heterocycles. The third-order valence-corrected chi connectivity index (χ3v) is 5.58. The minimum absolute atomic E-state index is 0.0220. The van der Waals surface area contributed by atoms with Crippen LogP contribution in [0.25, 0.3) is 17.4 Å². The third-order valence-electron chi connectivity index (χ3n) is 5.26. The Hall–Kier alpha value is -4.25. The molecule has 0 unspecified atom stereocenters. The number of halogens is 1. The Balaban J connectivity index is 1.57. The van der Waals surface area contributed by atoms with Gasteiger partial charge in [0.05, 0.1) is 16.9 Å². The van der Waals surface area contributed by atoms with Gasteiger partial charge in [0.2, 0.25) is 5.95 Å². The molecule has 3 heterocycles. The average molecular weight is 467 g/mol. The number of H-pyrrole nitrogens is 1. The molecule has 0 aliphatic heterocycles. The van der Waals surface area contributed by atoms with Gasteiger partial charge in [0.25, 0.3) is 17.2 Å². The van der Waals surface area contributed by atoms with E-state index in [-0.39, 0.29) is 27.9 Å². The number of carbonyl (C=O) groups is 1. The molecule has 0 radical (unpaired) electrons. The highest BCUT2D eigenvalue weighted by atomic mass is 35.5. The second kappa shape index (κ2) is 8.02. The van der Waals surface area contributed by atoms with Crippen LogP contribution in [0, 0.1) is 10.1 Å². The summed E-state index contributed by atoms with van der Waals surface area (Å²) in [4.78, 5) is 43.2. The zero-order valence-electron chi connectivity index (χ0n) is 16.9. The number of benzene rings is 1. The van der Waals surface area contributed by atoms with Crippen molar-refractivity contribution in [2.24, 2.45) is 0 Å². The molecule has 0 fully saturated rings. The maximum atomic E-state index is 12.9. The van der Waals surface area contributed by atoms with Crippen LogP contribution in [0.1, 0.15) is 28.0 Å². The number of furan rings is 1. The van der Waals surface area contributed by atoms with Crippen LogP contribution in [-0.2, 0) is 12.8 Å². The van der Waals surface area contributed by atoms with Crippen molar-refractivity contribution in [1.29, 1.82) is 0 Å². The number of rotatable bonds is 5. The van der Waals surface area contributed by atoms with Crippen LogP contribution in [0.3, 0.4) is 0 Å². The molecule has 0 spiro atoms. The third kappa shape index (κ3) is 3.78. The first-order valence-electron chi connectivity index (χ1n) is 9.92. The van der Waals surface area contributed by atoms with Crippen molar-refractivity contribution >= 4 is 29.0 Å². The molecule has 2 N–H and O–H groups in total. The summed E-state index contributed by atoms with van der Waals surface area (Å²) in [5, 5.41) is 18.2. The summed E-state index contributed by atoms with van der Waals surface area (Å²) in [6.07, 6.45) is 3.65. The molecule has 1 aliphatic carbocycles. The van der Waals surface area contributed by atoms with Gasteiger partial charge in [0, 0.05) is 23.3 Å². The van der Waals surface area contributed by atoms with Gasteiger partial charge in [-0.2, -0.15) is 9.78 Å². The van der Waals surface area contributed by atoms with E-state index in [0.29, 0.717) is 35.6 Å². The van der Waals surface area contributed by atoms with Crippen LogP contribution in [-0.4, -0.2) is 30.6 Å². The number of carbonyl (C=O) groups excluding carboxylic acids is 1. The minimum atomic E-state index is -0.669. The van der Waals surface area contributed by atoms with Crippen LogP contribution >= 0.6 is 11.6 Å². The Bertz CT molecular complexity index is 1460. The lowest BCUT2D eigenvalue weighted by Crippen LogP contribution is -2.21. The summed E-state index contributed by atoms with van der Waals surface area (Å²) in [6, 6.07) is 8.67. The molecule has 1 amide bonds. The Labute approximate surface area is 190 Å². The van der Waals surface area contributed by atoms with Crippen molar-refractivity contribution in [2.75, 3.05) is 5.32 Å². The smallest absolute Gasteiger partial charge is 0.288 e. The molecule has 1 aromatic carbocycles. The number of amides is 1. The van der Waals surface area contributed by atoms with E-state index < -0.39 is 16.5 Å². The zero-order chi connectivity index (χ0) is 23.1. The largest absolute Gasteiger partial charge is 0.463 e. The summed E-state index contributed by atoms with van der Waals surface area (Å²) < 4.78 is 6.69. The molecule has 0 saturated heterocycles. The van der Waals surface area contributed by atoms with Crippen molar-refractivity contribution < 1.29 is 14.1 Å². The van der Waals surface area contributed by atoms with Crippen molar-refractivity contribution in [3.05, 3.63) is 85.0 Å². The van der Waals surface area contributed by atoms with Gasteiger partial charge in [0.1, 0.15) is 16.5 Å². The van der Waals surface area contributed by atoms with Crippen LogP contribution < -0.4 is 10.9 Å². The molecule has 1 aliphatic rings. The first kappa shape index (κ1) is 20.6. The monoisotopic (exact) mass is 466 g/mol. The number of aromatic nitrogens is 4. The van der Waals surface area contributed by atoms with E-state index >= 15 is 0 Å². The predicted molar refractivity (Wildman–Crippen MR) is 118 cm³/mol. The van der Waals surface area contributed by atoms with E-state index in [4.69, 9.17) is 16.0 Å².